The fourth-order valence-corrected chi connectivity index (χ4v) is 5.12. The molecule has 0 amide bonds. The van der Waals surface area contributed by atoms with Crippen LogP contribution in [0, 0.1) is 35.0 Å². The first-order valence-corrected chi connectivity index (χ1v) is 13.7. The fourth-order valence-electron chi connectivity index (χ4n) is 4.85. The van der Waals surface area contributed by atoms with Crippen LogP contribution in [0.1, 0.15) is 56.5 Å². The Morgan fingerprint density at radius 2 is 2.00 bits per heavy atom. The summed E-state index contributed by atoms with van der Waals surface area (Å²) in [4.78, 5) is 8.42. The number of rotatable bonds is 9. The molecule has 12 heteroatoms. The zero-order valence-electron chi connectivity index (χ0n) is 23.2. The smallest absolute Gasteiger partial charge is 0.245 e. The molecule has 0 saturated heterocycles. The van der Waals surface area contributed by atoms with Gasteiger partial charge in [-0.05, 0) is 43.4 Å². The van der Waals surface area contributed by atoms with Gasteiger partial charge in [0, 0.05) is 47.8 Å². The number of pyridine rings is 2. The zero-order valence-corrected chi connectivity index (χ0v) is 24.0. The Hall–Kier alpha value is -3.75. The van der Waals surface area contributed by atoms with Crippen LogP contribution in [0.3, 0.4) is 0 Å². The SMILES string of the molecule is Cc1nc(F)ccc1[C@H](Nc1cc(Cl)c2ncc(C#N)c(NCC(C)(C)C)c2c1)C1=CN(CC2(C(F)F)CC2)NN1. The standard InChI is InChI=1S/C29H32ClF3N8/c1-16-19(5-6-23(31)37-16)26(22-13-41(40-39-22)15-29(7-8-29)27(32)33)38-18-9-20-24(36-14-28(2,3)4)17(11-34)12-35-25(20)21(30)10-18/h5-6,9-10,12-13,26-27,38-40H,7-8,14-15H2,1-4H3,(H,35,36)/t26-/m0/s1. The fraction of sp³-hybridized carbons (Fsp3) is 0.414. The van der Waals surface area contributed by atoms with Gasteiger partial charge in [-0.15, -0.1) is 5.53 Å². The van der Waals surface area contributed by atoms with Crippen molar-refractivity contribution in [2.24, 2.45) is 10.8 Å². The molecule has 8 nitrogen and oxygen atoms in total. The molecule has 0 bridgehead atoms. The van der Waals surface area contributed by atoms with Crippen molar-refractivity contribution < 1.29 is 13.2 Å². The molecule has 2 aromatic heterocycles. The minimum absolute atomic E-state index is 0.0525. The van der Waals surface area contributed by atoms with E-state index in [0.717, 1.165) is 0 Å². The highest BCUT2D eigenvalue weighted by Crippen LogP contribution is 2.51. The number of nitrogens with one attached hydrogen (secondary N) is 4. The lowest BCUT2D eigenvalue weighted by molar-refractivity contribution is 0.0368. The van der Waals surface area contributed by atoms with Crippen LogP contribution >= 0.6 is 11.6 Å². The molecule has 0 spiro atoms. The molecule has 1 saturated carbocycles. The quantitative estimate of drug-likeness (QED) is 0.214. The Morgan fingerprint density at radius 3 is 2.63 bits per heavy atom. The molecule has 5 rings (SSSR count). The van der Waals surface area contributed by atoms with Gasteiger partial charge in [0.05, 0.1) is 38.9 Å². The third-order valence-electron chi connectivity index (χ3n) is 7.35. The first-order valence-electron chi connectivity index (χ1n) is 13.3. The monoisotopic (exact) mass is 584 g/mol. The number of aromatic nitrogens is 2. The number of alkyl halides is 2. The highest BCUT2D eigenvalue weighted by atomic mass is 35.5. The van der Waals surface area contributed by atoms with Crippen LogP contribution in [0.2, 0.25) is 5.02 Å². The lowest BCUT2D eigenvalue weighted by Crippen LogP contribution is -2.41. The molecule has 2 aliphatic rings. The highest BCUT2D eigenvalue weighted by molar-refractivity contribution is 6.35. The van der Waals surface area contributed by atoms with Crippen molar-refractivity contribution in [2.75, 3.05) is 23.7 Å². The minimum Gasteiger partial charge on any atom is -0.383 e. The van der Waals surface area contributed by atoms with Crippen molar-refractivity contribution in [1.29, 1.82) is 5.26 Å². The van der Waals surface area contributed by atoms with Gasteiger partial charge in [-0.2, -0.15) is 9.65 Å². The molecule has 1 aliphatic heterocycles. The second kappa shape index (κ2) is 10.9. The number of nitriles is 1. The highest BCUT2D eigenvalue weighted by Gasteiger charge is 2.52. The Labute approximate surface area is 241 Å². The second-order valence-electron chi connectivity index (χ2n) is 11.9. The second-order valence-corrected chi connectivity index (χ2v) is 12.3. The number of hydrazine groups is 2. The molecule has 4 N–H and O–H groups in total. The molecule has 1 atom stereocenters. The van der Waals surface area contributed by atoms with Gasteiger partial charge in [0.2, 0.25) is 12.4 Å². The van der Waals surface area contributed by atoms with Gasteiger partial charge >= 0.3 is 0 Å². The van der Waals surface area contributed by atoms with E-state index in [1.807, 2.05) is 6.07 Å². The van der Waals surface area contributed by atoms with E-state index < -0.39 is 23.8 Å². The number of anilines is 2. The molecule has 1 aliphatic carbocycles. The van der Waals surface area contributed by atoms with Crippen LogP contribution in [-0.4, -0.2) is 34.5 Å². The Bertz CT molecular complexity index is 1540. The van der Waals surface area contributed by atoms with E-state index in [0.29, 0.717) is 69.2 Å². The Balaban J connectivity index is 1.54. The molecule has 41 heavy (non-hydrogen) atoms. The van der Waals surface area contributed by atoms with Gasteiger partial charge in [-0.25, -0.2) is 13.8 Å². The number of nitrogens with zero attached hydrogens (tertiary/aromatic N) is 4. The number of hydrogen-bond donors (Lipinski definition) is 4. The average molecular weight is 585 g/mol. The van der Waals surface area contributed by atoms with E-state index >= 15 is 0 Å². The minimum atomic E-state index is -2.41. The predicted molar refractivity (Wildman–Crippen MR) is 153 cm³/mol. The summed E-state index contributed by atoms with van der Waals surface area (Å²) < 4.78 is 41.1. The topological polar surface area (TPSA) is 101 Å². The van der Waals surface area contributed by atoms with Crippen molar-refractivity contribution in [3.8, 4) is 6.07 Å². The number of aryl methyl sites for hydroxylation is 1. The van der Waals surface area contributed by atoms with Crippen LogP contribution in [0.5, 0.6) is 0 Å². The van der Waals surface area contributed by atoms with E-state index in [-0.39, 0.29) is 12.0 Å². The van der Waals surface area contributed by atoms with Gasteiger partial charge < -0.3 is 16.1 Å². The van der Waals surface area contributed by atoms with Crippen LogP contribution < -0.4 is 21.6 Å². The molecule has 3 aromatic rings. The molecule has 0 unspecified atom stereocenters. The third kappa shape index (κ3) is 6.14. The van der Waals surface area contributed by atoms with Crippen LogP contribution in [0.15, 0.2) is 42.4 Å². The summed E-state index contributed by atoms with van der Waals surface area (Å²) in [6.45, 7) is 8.72. The lowest BCUT2D eigenvalue weighted by Gasteiger charge is -2.24. The number of halogens is 4. The molecule has 3 heterocycles. The molecule has 216 valence electrons. The summed E-state index contributed by atoms with van der Waals surface area (Å²) in [7, 11) is 0. The number of benzene rings is 1. The van der Waals surface area contributed by atoms with E-state index in [4.69, 9.17) is 11.6 Å². The first kappa shape index (κ1) is 28.8. The van der Waals surface area contributed by atoms with Gasteiger partial charge in [-0.3, -0.25) is 9.99 Å². The summed E-state index contributed by atoms with van der Waals surface area (Å²) >= 11 is 6.70. The van der Waals surface area contributed by atoms with Gasteiger partial charge in [-0.1, -0.05) is 38.4 Å². The summed E-state index contributed by atoms with van der Waals surface area (Å²) in [5.74, 6) is -0.607. The van der Waals surface area contributed by atoms with Gasteiger partial charge in [0.1, 0.15) is 6.07 Å². The summed E-state index contributed by atoms with van der Waals surface area (Å²) in [6.07, 6.45) is 1.76. The number of hydrogen-bond acceptors (Lipinski definition) is 8. The van der Waals surface area contributed by atoms with Crippen LogP contribution in [0.4, 0.5) is 24.5 Å². The van der Waals surface area contributed by atoms with E-state index in [1.165, 1.54) is 12.3 Å². The van der Waals surface area contributed by atoms with Gasteiger partial charge in [0.15, 0.2) is 0 Å². The van der Waals surface area contributed by atoms with E-state index in [1.54, 1.807) is 30.3 Å². The van der Waals surface area contributed by atoms with Crippen molar-refractivity contribution in [3.05, 3.63) is 70.2 Å². The summed E-state index contributed by atoms with van der Waals surface area (Å²) in [5.41, 5.74) is 8.89. The van der Waals surface area contributed by atoms with Crippen LogP contribution in [0.25, 0.3) is 10.9 Å². The maximum atomic E-state index is 13.9. The maximum Gasteiger partial charge on any atom is 0.245 e. The van der Waals surface area contributed by atoms with Crippen molar-refractivity contribution in [3.63, 3.8) is 0 Å². The maximum absolute atomic E-state index is 13.9. The largest absolute Gasteiger partial charge is 0.383 e. The van der Waals surface area contributed by atoms with Crippen molar-refractivity contribution in [1.82, 2.24) is 25.9 Å². The van der Waals surface area contributed by atoms with Gasteiger partial charge in [0.25, 0.3) is 0 Å². The Kier molecular flexibility index (Phi) is 7.66. The first-order chi connectivity index (χ1) is 19.4. The molecule has 0 radical (unpaired) electrons. The van der Waals surface area contributed by atoms with E-state index in [9.17, 15) is 18.4 Å². The average Bonchev–Trinajstić information content (AvgIpc) is 3.54. The predicted octanol–water partition coefficient (Wildman–Crippen LogP) is 6.43. The van der Waals surface area contributed by atoms with Crippen LogP contribution in [-0.2, 0) is 0 Å². The van der Waals surface area contributed by atoms with Crippen molar-refractivity contribution in [2.45, 2.75) is 53.0 Å². The number of fused-ring (bicyclic) bond motifs is 1. The normalized spacial score (nSPS) is 16.8. The van der Waals surface area contributed by atoms with E-state index in [2.05, 4.69) is 58.4 Å². The zero-order chi connectivity index (χ0) is 29.5. The molecular weight excluding hydrogens is 553 g/mol. The summed E-state index contributed by atoms with van der Waals surface area (Å²) in [5, 5.41) is 19.3. The van der Waals surface area contributed by atoms with Crippen molar-refractivity contribution >= 4 is 33.9 Å². The summed E-state index contributed by atoms with van der Waals surface area (Å²) in [6, 6.07) is 8.13. The molecular formula is C29H32ClF3N8. The third-order valence-corrected chi connectivity index (χ3v) is 7.63. The Morgan fingerprint density at radius 1 is 1.24 bits per heavy atom. The molecule has 1 aromatic carbocycles. The molecule has 1 fully saturated rings. The lowest BCUT2D eigenvalue weighted by atomic mass is 9.96.